The number of ether oxygens (including phenoxy) is 1. The third kappa shape index (κ3) is 28.9. The second-order valence-electron chi connectivity index (χ2n) is 12.5. The maximum absolute atomic E-state index is 12.2. The van der Waals surface area contributed by atoms with Gasteiger partial charge in [-0.3, -0.25) is 9.59 Å². The second kappa shape index (κ2) is 32.7. The fourth-order valence-corrected chi connectivity index (χ4v) is 5.36. The lowest BCUT2D eigenvalue weighted by Gasteiger charge is -2.16. The Hall–Kier alpha value is -1.20. The maximum Gasteiger partial charge on any atom is 0.305 e. The van der Waals surface area contributed by atoms with Crippen LogP contribution in [0.15, 0.2) is 12.2 Å². The molecule has 0 heterocycles. The van der Waals surface area contributed by atoms with Gasteiger partial charge >= 0.3 is 5.97 Å². The van der Waals surface area contributed by atoms with E-state index in [-0.39, 0.29) is 24.8 Å². The summed E-state index contributed by atoms with van der Waals surface area (Å²) in [7, 11) is 0. The molecule has 0 aromatic rings. The normalized spacial score (nSPS) is 13.0. The summed E-state index contributed by atoms with van der Waals surface area (Å²) in [5, 5.41) is 20.2. The third-order valence-electron chi connectivity index (χ3n) is 8.28. The maximum atomic E-state index is 12.2. The number of rotatable bonds is 33. The molecular formula is C37H70O5. The highest BCUT2D eigenvalue weighted by Crippen LogP contribution is 2.14. The predicted octanol–water partition coefficient (Wildman–Crippen LogP) is 10.3. The molecule has 0 radical (unpaired) electrons. The summed E-state index contributed by atoms with van der Waals surface area (Å²) < 4.78 is 5.11. The fraction of sp³-hybridized carbons (Fsp3) is 0.892. The molecule has 2 N–H and O–H groups in total. The van der Waals surface area contributed by atoms with Crippen LogP contribution in [-0.4, -0.2) is 40.8 Å². The molecule has 0 bridgehead atoms. The van der Waals surface area contributed by atoms with Gasteiger partial charge in [-0.25, -0.2) is 0 Å². The summed E-state index contributed by atoms with van der Waals surface area (Å²) in [6.07, 6.45) is 34.1. The molecule has 0 aliphatic rings. The van der Waals surface area contributed by atoms with Crippen molar-refractivity contribution in [2.45, 2.75) is 206 Å². The van der Waals surface area contributed by atoms with Crippen molar-refractivity contribution in [2.24, 2.45) is 0 Å². The summed E-state index contributed by atoms with van der Waals surface area (Å²) >= 11 is 0. The van der Waals surface area contributed by atoms with Crippen molar-refractivity contribution in [1.82, 2.24) is 0 Å². The average Bonchev–Trinajstić information content (AvgIpc) is 2.99. The summed E-state index contributed by atoms with van der Waals surface area (Å²) in [5.41, 5.74) is 0. The SMILES string of the molecule is CCCCCCCC/C=C\CCCCCCCC(=O)C(O)C(O)COC(=O)CCCCCCCCCCCCCCC. The molecule has 0 aromatic carbocycles. The van der Waals surface area contributed by atoms with Crippen LogP contribution in [0.4, 0.5) is 0 Å². The van der Waals surface area contributed by atoms with Gasteiger partial charge in [-0.2, -0.15) is 0 Å². The molecule has 0 rings (SSSR count). The molecule has 42 heavy (non-hydrogen) atoms. The Bertz CT molecular complexity index is 617. The van der Waals surface area contributed by atoms with E-state index in [1.165, 1.54) is 116 Å². The van der Waals surface area contributed by atoms with Crippen LogP contribution in [0.1, 0.15) is 194 Å². The van der Waals surface area contributed by atoms with E-state index in [0.29, 0.717) is 6.42 Å². The lowest BCUT2D eigenvalue weighted by molar-refractivity contribution is -0.152. The number of hydrogen-bond acceptors (Lipinski definition) is 5. The zero-order chi connectivity index (χ0) is 30.9. The van der Waals surface area contributed by atoms with Crippen LogP contribution >= 0.6 is 0 Å². The number of ketones is 1. The standard InChI is InChI=1S/C37H70O5/c1-3-5-7-9-11-13-15-17-18-20-21-23-25-27-29-31-34(38)37(41)35(39)33-42-36(40)32-30-28-26-24-22-19-16-14-12-10-8-6-4-2/h17-18,35,37,39,41H,3-16,19-33H2,1-2H3/b18-17-. The van der Waals surface area contributed by atoms with E-state index < -0.39 is 12.2 Å². The molecule has 0 saturated carbocycles. The number of carbonyl (C=O) groups excluding carboxylic acids is 2. The van der Waals surface area contributed by atoms with Crippen molar-refractivity contribution in [1.29, 1.82) is 0 Å². The highest BCUT2D eigenvalue weighted by Gasteiger charge is 2.24. The van der Waals surface area contributed by atoms with E-state index in [2.05, 4.69) is 26.0 Å². The van der Waals surface area contributed by atoms with Gasteiger partial charge in [-0.1, -0.05) is 154 Å². The van der Waals surface area contributed by atoms with Crippen molar-refractivity contribution >= 4 is 11.8 Å². The number of aliphatic hydroxyl groups excluding tert-OH is 2. The Morgan fingerprint density at radius 2 is 0.881 bits per heavy atom. The minimum absolute atomic E-state index is 0.253. The lowest BCUT2D eigenvalue weighted by Crippen LogP contribution is -2.37. The van der Waals surface area contributed by atoms with Crippen LogP contribution in [0.2, 0.25) is 0 Å². The van der Waals surface area contributed by atoms with Crippen molar-refractivity contribution < 1.29 is 24.5 Å². The molecule has 0 spiro atoms. The fourth-order valence-electron chi connectivity index (χ4n) is 5.36. The summed E-state index contributed by atoms with van der Waals surface area (Å²) in [6, 6.07) is 0. The van der Waals surface area contributed by atoms with Crippen LogP contribution in [0.5, 0.6) is 0 Å². The number of esters is 1. The number of allylic oxidation sites excluding steroid dienone is 2. The largest absolute Gasteiger partial charge is 0.463 e. The first-order valence-electron chi connectivity index (χ1n) is 18.2. The van der Waals surface area contributed by atoms with Gasteiger partial charge in [0.05, 0.1) is 0 Å². The van der Waals surface area contributed by atoms with Crippen molar-refractivity contribution in [3.8, 4) is 0 Å². The van der Waals surface area contributed by atoms with E-state index in [9.17, 15) is 19.8 Å². The number of hydrogen-bond donors (Lipinski definition) is 2. The van der Waals surface area contributed by atoms with E-state index in [1.54, 1.807) is 0 Å². The Balaban J connectivity index is 3.57. The van der Waals surface area contributed by atoms with Crippen molar-refractivity contribution in [3.05, 3.63) is 12.2 Å². The van der Waals surface area contributed by atoms with Gasteiger partial charge in [0.25, 0.3) is 0 Å². The van der Waals surface area contributed by atoms with Crippen LogP contribution in [0.3, 0.4) is 0 Å². The zero-order valence-electron chi connectivity index (χ0n) is 27.9. The molecule has 2 unspecified atom stereocenters. The monoisotopic (exact) mass is 595 g/mol. The molecule has 0 amide bonds. The van der Waals surface area contributed by atoms with Crippen LogP contribution in [0.25, 0.3) is 0 Å². The molecule has 5 nitrogen and oxygen atoms in total. The first-order chi connectivity index (χ1) is 20.5. The van der Waals surface area contributed by atoms with Gasteiger partial charge < -0.3 is 14.9 Å². The predicted molar refractivity (Wildman–Crippen MR) is 178 cm³/mol. The van der Waals surface area contributed by atoms with Crippen LogP contribution in [-0.2, 0) is 14.3 Å². The number of carbonyl (C=O) groups is 2. The first kappa shape index (κ1) is 40.8. The highest BCUT2D eigenvalue weighted by molar-refractivity contribution is 5.83. The van der Waals surface area contributed by atoms with E-state index >= 15 is 0 Å². The quantitative estimate of drug-likeness (QED) is 0.0448. The number of Topliss-reactive ketones (excluding diaryl/α,β-unsaturated/α-hetero) is 1. The summed E-state index contributed by atoms with van der Waals surface area (Å²) in [5.74, 6) is -0.735. The first-order valence-corrected chi connectivity index (χ1v) is 18.2. The Kier molecular flexibility index (Phi) is 31.8. The Morgan fingerprint density at radius 1 is 0.524 bits per heavy atom. The molecule has 5 heteroatoms. The molecule has 0 aromatic heterocycles. The average molecular weight is 595 g/mol. The zero-order valence-corrected chi connectivity index (χ0v) is 27.9. The molecule has 0 saturated heterocycles. The van der Waals surface area contributed by atoms with Gasteiger partial charge in [0.2, 0.25) is 0 Å². The molecular weight excluding hydrogens is 524 g/mol. The minimum Gasteiger partial charge on any atom is -0.463 e. The Morgan fingerprint density at radius 3 is 1.31 bits per heavy atom. The summed E-state index contributed by atoms with van der Waals surface area (Å²) in [6.45, 7) is 4.18. The van der Waals surface area contributed by atoms with Crippen molar-refractivity contribution in [3.63, 3.8) is 0 Å². The van der Waals surface area contributed by atoms with Crippen LogP contribution in [0, 0.1) is 0 Å². The van der Waals surface area contributed by atoms with E-state index in [0.717, 1.165) is 51.4 Å². The molecule has 0 fully saturated rings. The topological polar surface area (TPSA) is 83.8 Å². The van der Waals surface area contributed by atoms with Gasteiger partial charge in [0.15, 0.2) is 5.78 Å². The Labute approximate surface area is 260 Å². The second-order valence-corrected chi connectivity index (χ2v) is 12.5. The van der Waals surface area contributed by atoms with E-state index in [4.69, 9.17) is 4.74 Å². The van der Waals surface area contributed by atoms with Crippen LogP contribution < -0.4 is 0 Å². The van der Waals surface area contributed by atoms with Gasteiger partial charge in [0.1, 0.15) is 18.8 Å². The number of unbranched alkanes of at least 4 members (excludes halogenated alkanes) is 23. The highest BCUT2D eigenvalue weighted by atomic mass is 16.5. The number of aliphatic hydroxyl groups is 2. The van der Waals surface area contributed by atoms with Gasteiger partial charge in [-0.05, 0) is 38.5 Å². The lowest BCUT2D eigenvalue weighted by atomic mass is 10.0. The van der Waals surface area contributed by atoms with Crippen molar-refractivity contribution in [2.75, 3.05) is 6.61 Å². The molecule has 2 atom stereocenters. The summed E-state index contributed by atoms with van der Waals surface area (Å²) in [4.78, 5) is 24.2. The molecule has 248 valence electrons. The molecule has 0 aliphatic heterocycles. The molecule has 0 aliphatic carbocycles. The third-order valence-corrected chi connectivity index (χ3v) is 8.28. The smallest absolute Gasteiger partial charge is 0.305 e. The van der Waals surface area contributed by atoms with E-state index in [1.807, 2.05) is 0 Å². The van der Waals surface area contributed by atoms with Gasteiger partial charge in [0, 0.05) is 12.8 Å². The minimum atomic E-state index is -1.48. The van der Waals surface area contributed by atoms with Gasteiger partial charge in [-0.15, -0.1) is 0 Å².